The van der Waals surface area contributed by atoms with Crippen molar-refractivity contribution in [3.05, 3.63) is 65.2 Å². The van der Waals surface area contributed by atoms with Crippen molar-refractivity contribution < 1.29 is 14.4 Å². The van der Waals surface area contributed by atoms with Crippen LogP contribution >= 0.6 is 7.60 Å². The molecule has 0 unspecified atom stereocenters. The monoisotopic (exact) mass is 390 g/mol. The van der Waals surface area contributed by atoms with E-state index in [1.165, 1.54) is 0 Å². The molecule has 0 spiro atoms. The highest BCUT2D eigenvalue weighted by molar-refractivity contribution is 7.61. The molecule has 0 atom stereocenters. The molecule has 0 fully saturated rings. The summed E-state index contributed by atoms with van der Waals surface area (Å²) in [4.78, 5) is 35.1. The molecule has 7 nitrogen and oxygen atoms in total. The quantitative estimate of drug-likeness (QED) is 0.327. The van der Waals surface area contributed by atoms with Gasteiger partial charge in [-0.15, -0.1) is 0 Å². The van der Waals surface area contributed by atoms with Crippen LogP contribution in [0.15, 0.2) is 42.5 Å². The summed E-state index contributed by atoms with van der Waals surface area (Å²) in [7, 11) is -4.57. The number of fused-ring (bicyclic) bond motifs is 8. The van der Waals surface area contributed by atoms with Gasteiger partial charge in [-0.1, -0.05) is 0 Å². The van der Waals surface area contributed by atoms with E-state index in [0.29, 0.717) is 16.7 Å². The standard InChI is InChI=1S/C20H15N4O3P/c25-28(26,27)20-18-7-5-16(23-18)10-14-3-1-12(21-14)9-13-2-4-15(22-13)11-17-6-8-19(20)24-17/h1-11,21,23H,(H2,25,26,27). The number of hydrogen-bond acceptors (Lipinski definition) is 3. The Morgan fingerprint density at radius 1 is 0.714 bits per heavy atom. The zero-order valence-electron chi connectivity index (χ0n) is 14.5. The molecule has 0 aliphatic carbocycles. The van der Waals surface area contributed by atoms with Crippen molar-refractivity contribution >= 4 is 59.3 Å². The van der Waals surface area contributed by atoms with Crippen molar-refractivity contribution in [1.82, 2.24) is 19.9 Å². The molecule has 3 aromatic rings. The fourth-order valence-corrected chi connectivity index (χ4v) is 4.17. The lowest BCUT2D eigenvalue weighted by atomic mass is 10.3. The third-order valence-corrected chi connectivity index (χ3v) is 5.54. The molecule has 2 aliphatic rings. The first-order valence-corrected chi connectivity index (χ1v) is 10.2. The summed E-state index contributed by atoms with van der Waals surface area (Å²) in [6.07, 6.45) is 7.10. The van der Waals surface area contributed by atoms with Crippen LogP contribution in [0.1, 0.15) is 22.8 Å². The number of nitrogens with zero attached hydrogens (tertiary/aromatic N) is 2. The van der Waals surface area contributed by atoms with Crippen LogP contribution in [0.5, 0.6) is 0 Å². The zero-order valence-corrected chi connectivity index (χ0v) is 15.4. The van der Waals surface area contributed by atoms with Gasteiger partial charge in [0.1, 0.15) is 5.30 Å². The average Bonchev–Trinajstić information content (AvgIpc) is 3.38. The van der Waals surface area contributed by atoms with Gasteiger partial charge in [0.15, 0.2) is 0 Å². The summed E-state index contributed by atoms with van der Waals surface area (Å²) >= 11 is 0. The van der Waals surface area contributed by atoms with E-state index >= 15 is 0 Å². The van der Waals surface area contributed by atoms with Gasteiger partial charge in [0, 0.05) is 16.6 Å². The molecule has 2 aliphatic heterocycles. The number of aromatic amines is 2. The number of rotatable bonds is 1. The van der Waals surface area contributed by atoms with E-state index in [1.807, 2.05) is 36.4 Å². The summed E-state index contributed by atoms with van der Waals surface area (Å²) in [5.41, 5.74) is 5.17. The first-order chi connectivity index (χ1) is 13.4. The minimum atomic E-state index is -4.57. The summed E-state index contributed by atoms with van der Waals surface area (Å²) in [5, 5.41) is -0.129. The Hall–Kier alpha value is -3.25. The van der Waals surface area contributed by atoms with Crippen LogP contribution in [0, 0.1) is 0 Å². The SMILES string of the molecule is O=P(O)(O)c1c2nc(cc3nc(cc4ccc(cc5ccc1[nH]5)[nH]4)C=C3)C=C2. The van der Waals surface area contributed by atoms with Gasteiger partial charge in [0.25, 0.3) is 0 Å². The summed E-state index contributed by atoms with van der Waals surface area (Å²) in [5.74, 6) is 0. The molecular formula is C20H15N4O3P. The predicted molar refractivity (Wildman–Crippen MR) is 111 cm³/mol. The average molecular weight is 390 g/mol. The lowest BCUT2D eigenvalue weighted by molar-refractivity contribution is 0.387. The molecule has 0 amide bonds. The van der Waals surface area contributed by atoms with E-state index in [9.17, 15) is 14.4 Å². The van der Waals surface area contributed by atoms with E-state index in [-0.39, 0.29) is 11.0 Å². The Morgan fingerprint density at radius 2 is 1.32 bits per heavy atom. The van der Waals surface area contributed by atoms with Gasteiger partial charge >= 0.3 is 7.60 Å². The third kappa shape index (κ3) is 3.12. The molecule has 138 valence electrons. The first kappa shape index (κ1) is 16.9. The molecule has 28 heavy (non-hydrogen) atoms. The molecule has 0 radical (unpaired) electrons. The van der Waals surface area contributed by atoms with Crippen LogP contribution in [0.25, 0.3) is 46.4 Å². The Kier molecular flexibility index (Phi) is 3.70. The zero-order chi connectivity index (χ0) is 19.3. The van der Waals surface area contributed by atoms with Crippen LogP contribution < -0.4 is 5.30 Å². The van der Waals surface area contributed by atoms with Gasteiger partial charge in [-0.3, -0.25) is 4.57 Å². The van der Waals surface area contributed by atoms with Crippen molar-refractivity contribution in [2.45, 2.75) is 0 Å². The van der Waals surface area contributed by atoms with Gasteiger partial charge in [-0.05, 0) is 66.8 Å². The topological polar surface area (TPSA) is 115 Å². The third-order valence-electron chi connectivity index (χ3n) is 4.48. The van der Waals surface area contributed by atoms with E-state index in [0.717, 1.165) is 22.4 Å². The number of aromatic nitrogens is 4. The maximum atomic E-state index is 12.2. The fraction of sp³-hybridized carbons (Fsp3) is 0. The van der Waals surface area contributed by atoms with E-state index < -0.39 is 7.60 Å². The smallest absolute Gasteiger partial charge is 0.355 e. The fourth-order valence-electron chi connectivity index (χ4n) is 3.30. The molecule has 3 aromatic heterocycles. The first-order valence-electron chi connectivity index (χ1n) is 8.58. The second-order valence-corrected chi connectivity index (χ2v) is 8.11. The molecule has 0 saturated heterocycles. The van der Waals surface area contributed by atoms with Crippen molar-refractivity contribution in [2.24, 2.45) is 0 Å². The van der Waals surface area contributed by atoms with Gasteiger partial charge in [-0.2, -0.15) is 0 Å². The van der Waals surface area contributed by atoms with Crippen molar-refractivity contribution in [2.75, 3.05) is 0 Å². The lowest BCUT2D eigenvalue weighted by Crippen LogP contribution is -2.09. The van der Waals surface area contributed by atoms with Crippen molar-refractivity contribution in [3.63, 3.8) is 0 Å². The molecule has 8 heteroatoms. The Balaban J connectivity index is 1.92. The van der Waals surface area contributed by atoms with Crippen molar-refractivity contribution in [1.29, 1.82) is 0 Å². The van der Waals surface area contributed by atoms with Gasteiger partial charge in [0.05, 0.1) is 28.3 Å². The Morgan fingerprint density at radius 3 is 2.11 bits per heavy atom. The number of nitrogens with one attached hydrogen (secondary N) is 2. The van der Waals surface area contributed by atoms with Crippen LogP contribution in [0.4, 0.5) is 0 Å². The summed E-state index contributed by atoms with van der Waals surface area (Å²) < 4.78 is 12.2. The maximum absolute atomic E-state index is 12.2. The van der Waals surface area contributed by atoms with E-state index in [2.05, 4.69) is 19.9 Å². The predicted octanol–water partition coefficient (Wildman–Crippen LogP) is 3.46. The van der Waals surface area contributed by atoms with E-state index in [4.69, 9.17) is 0 Å². The van der Waals surface area contributed by atoms with Gasteiger partial charge < -0.3 is 19.8 Å². The molecular weight excluding hydrogens is 375 g/mol. The van der Waals surface area contributed by atoms with Crippen LogP contribution in [-0.2, 0) is 4.57 Å². The molecule has 8 bridgehead atoms. The minimum Gasteiger partial charge on any atom is -0.355 e. The normalized spacial score (nSPS) is 13.2. The molecule has 4 N–H and O–H groups in total. The highest BCUT2D eigenvalue weighted by atomic mass is 31.2. The molecule has 5 heterocycles. The highest BCUT2D eigenvalue weighted by Crippen LogP contribution is 2.36. The van der Waals surface area contributed by atoms with Crippen LogP contribution in [0.2, 0.25) is 0 Å². The Bertz CT molecular complexity index is 1380. The molecule has 5 rings (SSSR count). The maximum Gasteiger partial charge on any atom is 0.360 e. The lowest BCUT2D eigenvalue weighted by Gasteiger charge is -2.04. The van der Waals surface area contributed by atoms with Crippen molar-refractivity contribution in [3.8, 4) is 0 Å². The summed E-state index contributed by atoms with van der Waals surface area (Å²) in [6.45, 7) is 0. The minimum absolute atomic E-state index is 0.129. The largest absolute Gasteiger partial charge is 0.360 e. The molecule has 0 aromatic carbocycles. The number of H-pyrrole nitrogens is 2. The van der Waals surface area contributed by atoms with Crippen LogP contribution in [0.3, 0.4) is 0 Å². The second kappa shape index (κ2) is 6.14. The molecule has 0 saturated carbocycles. The van der Waals surface area contributed by atoms with Gasteiger partial charge in [-0.25, -0.2) is 9.97 Å². The van der Waals surface area contributed by atoms with E-state index in [1.54, 1.807) is 30.4 Å². The Labute approximate surface area is 159 Å². The summed E-state index contributed by atoms with van der Waals surface area (Å²) in [6, 6.07) is 12.9. The second-order valence-electron chi connectivity index (χ2n) is 6.57. The van der Waals surface area contributed by atoms with Gasteiger partial charge in [0.2, 0.25) is 0 Å². The van der Waals surface area contributed by atoms with Crippen LogP contribution in [-0.4, -0.2) is 29.7 Å². The highest BCUT2D eigenvalue weighted by Gasteiger charge is 2.24. The number of hydrogen-bond donors (Lipinski definition) is 4.